The Bertz CT molecular complexity index is 223. The Balaban J connectivity index is 0. The van der Waals surface area contributed by atoms with Crippen LogP contribution in [0.3, 0.4) is 0 Å². The predicted octanol–water partition coefficient (Wildman–Crippen LogP) is 1.04. The zero-order valence-corrected chi connectivity index (χ0v) is 16.3. The molecule has 0 saturated carbocycles. The second-order valence-corrected chi connectivity index (χ2v) is 6.09. The van der Waals surface area contributed by atoms with Crippen molar-refractivity contribution in [3.63, 3.8) is 0 Å². The van der Waals surface area contributed by atoms with Crippen molar-refractivity contribution in [3.05, 3.63) is 0 Å². The molecule has 130 valence electrons. The van der Waals surface area contributed by atoms with Crippen molar-refractivity contribution >= 4 is 0 Å². The SMILES string of the molecule is CCCCCCCCCCC(O)(O)[N+](CC)(CC)CC.[Br-]. The highest BCUT2D eigenvalue weighted by molar-refractivity contribution is 4.57. The molecule has 0 aromatic carbocycles. The highest BCUT2D eigenvalue weighted by Gasteiger charge is 2.44. The molecule has 0 radical (unpaired) electrons. The van der Waals surface area contributed by atoms with Gasteiger partial charge in [0.25, 0.3) is 0 Å². The smallest absolute Gasteiger partial charge is 0.313 e. The Morgan fingerprint density at radius 2 is 1.05 bits per heavy atom. The van der Waals surface area contributed by atoms with Gasteiger partial charge in [-0.25, -0.2) is 0 Å². The van der Waals surface area contributed by atoms with E-state index in [0.29, 0.717) is 10.9 Å². The molecule has 0 aromatic heterocycles. The van der Waals surface area contributed by atoms with Crippen molar-refractivity contribution in [3.8, 4) is 0 Å². The van der Waals surface area contributed by atoms with Crippen LogP contribution in [0.1, 0.15) is 85.5 Å². The van der Waals surface area contributed by atoms with Gasteiger partial charge in [0.15, 0.2) is 0 Å². The Labute approximate surface area is 143 Å². The van der Waals surface area contributed by atoms with Crippen LogP contribution in [0.5, 0.6) is 0 Å². The summed E-state index contributed by atoms with van der Waals surface area (Å²) in [6.45, 7) is 10.7. The van der Waals surface area contributed by atoms with Gasteiger partial charge in [0.05, 0.1) is 26.1 Å². The number of unbranched alkanes of at least 4 members (excludes halogenated alkanes) is 7. The van der Waals surface area contributed by atoms with Crippen LogP contribution >= 0.6 is 0 Å². The summed E-state index contributed by atoms with van der Waals surface area (Å²) in [6, 6.07) is 0. The second-order valence-electron chi connectivity index (χ2n) is 6.09. The highest BCUT2D eigenvalue weighted by Crippen LogP contribution is 2.26. The molecular weight excluding hydrogens is 330 g/mol. The van der Waals surface area contributed by atoms with Crippen molar-refractivity contribution in [1.29, 1.82) is 0 Å². The van der Waals surface area contributed by atoms with Crippen molar-refractivity contribution in [2.75, 3.05) is 19.6 Å². The molecular formula is C17H38BrNO2. The lowest BCUT2D eigenvalue weighted by Crippen LogP contribution is -3.00. The first-order valence-corrected chi connectivity index (χ1v) is 8.80. The normalized spacial score (nSPS) is 12.3. The minimum atomic E-state index is -1.56. The van der Waals surface area contributed by atoms with Crippen LogP contribution in [0, 0.1) is 0 Å². The maximum Gasteiger partial charge on any atom is 0.313 e. The van der Waals surface area contributed by atoms with Crippen molar-refractivity contribution < 1.29 is 31.7 Å². The van der Waals surface area contributed by atoms with E-state index in [-0.39, 0.29) is 17.0 Å². The third-order valence-corrected chi connectivity index (χ3v) is 4.94. The maximum atomic E-state index is 10.4. The topological polar surface area (TPSA) is 40.5 Å². The summed E-state index contributed by atoms with van der Waals surface area (Å²) in [5, 5.41) is 20.9. The zero-order valence-electron chi connectivity index (χ0n) is 14.7. The fourth-order valence-corrected chi connectivity index (χ4v) is 3.16. The van der Waals surface area contributed by atoms with Gasteiger partial charge in [0, 0.05) is 0 Å². The van der Waals surface area contributed by atoms with Crippen molar-refractivity contribution in [1.82, 2.24) is 0 Å². The monoisotopic (exact) mass is 367 g/mol. The first-order valence-electron chi connectivity index (χ1n) is 8.80. The van der Waals surface area contributed by atoms with Crippen LogP contribution in [0.4, 0.5) is 0 Å². The molecule has 0 atom stereocenters. The fraction of sp³-hybridized carbons (Fsp3) is 1.00. The van der Waals surface area contributed by atoms with Gasteiger partial charge in [-0.2, -0.15) is 0 Å². The highest BCUT2D eigenvalue weighted by atomic mass is 79.9. The van der Waals surface area contributed by atoms with Gasteiger partial charge in [-0.1, -0.05) is 51.9 Å². The van der Waals surface area contributed by atoms with Gasteiger partial charge in [-0.05, 0) is 27.2 Å². The third-order valence-electron chi connectivity index (χ3n) is 4.94. The molecule has 0 fully saturated rings. The molecule has 0 amide bonds. The predicted molar refractivity (Wildman–Crippen MR) is 86.3 cm³/mol. The van der Waals surface area contributed by atoms with Crippen LogP contribution < -0.4 is 17.0 Å². The van der Waals surface area contributed by atoms with E-state index in [1.165, 1.54) is 38.5 Å². The zero-order chi connectivity index (χ0) is 15.5. The van der Waals surface area contributed by atoms with E-state index >= 15 is 0 Å². The molecule has 0 bridgehead atoms. The van der Waals surface area contributed by atoms with Gasteiger partial charge in [0.1, 0.15) is 0 Å². The molecule has 0 unspecified atom stereocenters. The van der Waals surface area contributed by atoms with Crippen molar-refractivity contribution in [2.45, 2.75) is 91.4 Å². The summed E-state index contributed by atoms with van der Waals surface area (Å²) in [5.74, 6) is -1.56. The minimum Gasteiger partial charge on any atom is -1.00 e. The number of halogens is 1. The summed E-state index contributed by atoms with van der Waals surface area (Å²) in [6.07, 6.45) is 10.4. The first kappa shape index (κ1) is 23.6. The summed E-state index contributed by atoms with van der Waals surface area (Å²) in [5.41, 5.74) is 0. The molecule has 3 nitrogen and oxygen atoms in total. The lowest BCUT2D eigenvalue weighted by Gasteiger charge is -2.45. The lowest BCUT2D eigenvalue weighted by molar-refractivity contribution is -1.02. The molecule has 0 aromatic rings. The minimum absolute atomic E-state index is 0. The third kappa shape index (κ3) is 7.96. The van der Waals surface area contributed by atoms with E-state index in [2.05, 4.69) is 6.92 Å². The van der Waals surface area contributed by atoms with E-state index in [4.69, 9.17) is 0 Å². The Kier molecular flexibility index (Phi) is 14.5. The number of nitrogens with zero attached hydrogens (tertiary/aromatic N) is 1. The first-order chi connectivity index (χ1) is 9.49. The summed E-state index contributed by atoms with van der Waals surface area (Å²) < 4.78 is 0.392. The summed E-state index contributed by atoms with van der Waals surface area (Å²) in [7, 11) is 0. The van der Waals surface area contributed by atoms with Gasteiger partial charge in [-0.3, -0.25) is 4.48 Å². The standard InChI is InChI=1S/C17H38NO2.BrH/c1-5-9-10-11-12-13-14-15-16-17(19,20)18(6-2,7-3)8-4;/h19-20H,5-16H2,1-4H3;1H/q+1;/p-1. The molecule has 0 spiro atoms. The number of hydrogen-bond acceptors (Lipinski definition) is 2. The fourth-order valence-electron chi connectivity index (χ4n) is 3.16. The summed E-state index contributed by atoms with van der Waals surface area (Å²) >= 11 is 0. The summed E-state index contributed by atoms with van der Waals surface area (Å²) in [4.78, 5) is 0. The van der Waals surface area contributed by atoms with Gasteiger partial charge < -0.3 is 27.2 Å². The van der Waals surface area contributed by atoms with Crippen LogP contribution in [0.2, 0.25) is 0 Å². The Morgan fingerprint density at radius 1 is 0.667 bits per heavy atom. The molecule has 0 saturated heterocycles. The van der Waals surface area contributed by atoms with E-state index in [1.54, 1.807) is 0 Å². The molecule has 0 aliphatic carbocycles. The molecule has 4 heteroatoms. The van der Waals surface area contributed by atoms with E-state index in [9.17, 15) is 10.2 Å². The van der Waals surface area contributed by atoms with Gasteiger partial charge in [0.2, 0.25) is 0 Å². The maximum absolute atomic E-state index is 10.4. The average molecular weight is 368 g/mol. The quantitative estimate of drug-likeness (QED) is 0.290. The van der Waals surface area contributed by atoms with Gasteiger partial charge in [-0.15, -0.1) is 0 Å². The van der Waals surface area contributed by atoms with Crippen molar-refractivity contribution in [2.24, 2.45) is 0 Å². The Hall–Kier alpha value is 0.360. The van der Waals surface area contributed by atoms with Crippen LogP contribution in [-0.4, -0.2) is 40.2 Å². The average Bonchev–Trinajstić information content (AvgIpc) is 2.44. The largest absolute Gasteiger partial charge is 1.00 e. The van der Waals surface area contributed by atoms with E-state index in [1.807, 2.05) is 20.8 Å². The van der Waals surface area contributed by atoms with Crippen LogP contribution in [0.15, 0.2) is 0 Å². The number of rotatable bonds is 13. The molecule has 21 heavy (non-hydrogen) atoms. The number of hydrogen-bond donors (Lipinski definition) is 2. The van der Waals surface area contributed by atoms with E-state index < -0.39 is 5.91 Å². The Morgan fingerprint density at radius 3 is 1.43 bits per heavy atom. The second kappa shape index (κ2) is 12.9. The molecule has 0 heterocycles. The molecule has 0 aliphatic heterocycles. The number of aliphatic hydroxyl groups is 2. The lowest BCUT2D eigenvalue weighted by atomic mass is 10.0. The van der Waals surface area contributed by atoms with Crippen LogP contribution in [0.25, 0.3) is 0 Å². The molecule has 2 N–H and O–H groups in total. The molecule has 0 aliphatic rings. The van der Waals surface area contributed by atoms with E-state index in [0.717, 1.165) is 32.5 Å². The number of quaternary nitrogens is 1. The molecule has 0 rings (SSSR count). The van der Waals surface area contributed by atoms with Crippen LogP contribution in [-0.2, 0) is 0 Å². The van der Waals surface area contributed by atoms with Gasteiger partial charge >= 0.3 is 5.91 Å².